The quantitative estimate of drug-likeness (QED) is 0.897. The molecule has 1 aromatic heterocycles. The fraction of sp³-hybridized carbons (Fsp3) is 0.833. The largest absolute Gasteiger partial charge is 0.390 e. The molecule has 0 radical (unpaired) electrons. The Kier molecular flexibility index (Phi) is 5.73. The Hall–Kier alpha value is -0.490. The summed E-state index contributed by atoms with van der Waals surface area (Å²) in [5.74, 6) is 0.848. The van der Waals surface area contributed by atoms with E-state index in [2.05, 4.69) is 35.7 Å². The molecule has 0 spiro atoms. The Morgan fingerprint density at radius 1 is 1.35 bits per heavy atom. The number of piperidine rings is 1. The second-order valence-corrected chi connectivity index (χ2v) is 8.76. The van der Waals surface area contributed by atoms with Gasteiger partial charge in [-0.05, 0) is 65.1 Å². The van der Waals surface area contributed by atoms with E-state index in [-0.39, 0.29) is 6.10 Å². The molecular formula is C18H31N3OS. The molecule has 23 heavy (non-hydrogen) atoms. The average molecular weight is 338 g/mol. The minimum Gasteiger partial charge on any atom is -0.390 e. The van der Waals surface area contributed by atoms with Crippen LogP contribution in [-0.4, -0.2) is 59.2 Å². The van der Waals surface area contributed by atoms with Crippen LogP contribution in [0.25, 0.3) is 0 Å². The van der Waals surface area contributed by atoms with Gasteiger partial charge in [0.25, 0.3) is 0 Å². The minimum atomic E-state index is -0.257. The van der Waals surface area contributed by atoms with Gasteiger partial charge in [-0.3, -0.25) is 4.90 Å². The van der Waals surface area contributed by atoms with Crippen LogP contribution < -0.4 is 0 Å². The number of likely N-dealkylation sites (N-methyl/N-ethyl adjacent to an activating group) is 1. The summed E-state index contributed by atoms with van der Waals surface area (Å²) in [5, 5.41) is 11.7. The van der Waals surface area contributed by atoms with Crippen molar-refractivity contribution in [2.75, 3.05) is 33.2 Å². The third kappa shape index (κ3) is 4.32. The summed E-state index contributed by atoms with van der Waals surface area (Å²) < 4.78 is 0. The van der Waals surface area contributed by atoms with Crippen molar-refractivity contribution in [1.82, 2.24) is 14.8 Å². The first-order chi connectivity index (χ1) is 11.0. The van der Waals surface area contributed by atoms with Gasteiger partial charge in [-0.25, -0.2) is 4.98 Å². The lowest BCUT2D eigenvalue weighted by atomic mass is 9.96. The van der Waals surface area contributed by atoms with E-state index in [0.29, 0.717) is 6.04 Å². The molecule has 0 aromatic carbocycles. The molecule has 2 atom stereocenters. The number of hydrogen-bond acceptors (Lipinski definition) is 5. The minimum absolute atomic E-state index is 0.257. The van der Waals surface area contributed by atoms with E-state index in [1.165, 1.54) is 41.3 Å². The molecule has 0 saturated carbocycles. The fourth-order valence-corrected chi connectivity index (χ4v) is 5.17. The first-order valence-corrected chi connectivity index (χ1v) is 9.91. The van der Waals surface area contributed by atoms with E-state index in [0.717, 1.165) is 38.5 Å². The van der Waals surface area contributed by atoms with Crippen LogP contribution in [0.3, 0.4) is 0 Å². The molecule has 2 aliphatic rings. The third-order valence-electron chi connectivity index (χ3n) is 5.40. The number of aliphatic hydroxyl groups excluding tert-OH is 1. The number of fused-ring (bicyclic) bond motifs is 1. The highest BCUT2D eigenvalue weighted by molar-refractivity contribution is 7.11. The van der Waals surface area contributed by atoms with Crippen LogP contribution in [0, 0.1) is 12.8 Å². The molecule has 0 amide bonds. The molecule has 1 aromatic rings. The van der Waals surface area contributed by atoms with Gasteiger partial charge in [0.2, 0.25) is 0 Å². The highest BCUT2D eigenvalue weighted by atomic mass is 32.1. The zero-order valence-electron chi connectivity index (χ0n) is 14.8. The zero-order valence-corrected chi connectivity index (χ0v) is 15.6. The maximum atomic E-state index is 10.5. The number of β-amino-alcohol motifs (C(OH)–C–C–N with tert-alkyl or cyclic N) is 1. The van der Waals surface area contributed by atoms with Gasteiger partial charge in [0.15, 0.2) is 0 Å². The maximum absolute atomic E-state index is 10.5. The Balaban J connectivity index is 1.53. The van der Waals surface area contributed by atoms with Gasteiger partial charge in [-0.2, -0.15) is 0 Å². The zero-order chi connectivity index (χ0) is 16.4. The van der Waals surface area contributed by atoms with E-state index in [9.17, 15) is 5.11 Å². The van der Waals surface area contributed by atoms with Crippen LogP contribution in [0.5, 0.6) is 0 Å². The monoisotopic (exact) mass is 337 g/mol. The Bertz CT molecular complexity index is 510. The van der Waals surface area contributed by atoms with Gasteiger partial charge in [0, 0.05) is 24.0 Å². The summed E-state index contributed by atoms with van der Waals surface area (Å²) in [6.07, 6.45) is 5.82. The molecule has 130 valence electrons. The smallest absolute Gasteiger partial charge is 0.0900 e. The molecule has 1 aliphatic carbocycles. The van der Waals surface area contributed by atoms with Crippen LogP contribution >= 0.6 is 11.3 Å². The van der Waals surface area contributed by atoms with Crippen LogP contribution in [-0.2, 0) is 6.42 Å². The van der Waals surface area contributed by atoms with Crippen molar-refractivity contribution in [1.29, 1.82) is 0 Å². The summed E-state index contributed by atoms with van der Waals surface area (Å²) in [6.45, 7) is 8.30. The number of hydrogen-bond donors (Lipinski definition) is 1. The first kappa shape index (κ1) is 17.3. The summed E-state index contributed by atoms with van der Waals surface area (Å²) in [4.78, 5) is 10.9. The summed E-state index contributed by atoms with van der Waals surface area (Å²) in [6, 6.07) is 0.445. The van der Waals surface area contributed by atoms with Crippen LogP contribution in [0.4, 0.5) is 0 Å². The number of aryl methyl sites for hydroxylation is 2. The van der Waals surface area contributed by atoms with Gasteiger partial charge in [-0.15, -0.1) is 11.3 Å². The van der Waals surface area contributed by atoms with Crippen molar-refractivity contribution in [3.8, 4) is 0 Å². The molecule has 2 unspecified atom stereocenters. The van der Waals surface area contributed by atoms with Gasteiger partial charge < -0.3 is 10.0 Å². The molecule has 2 heterocycles. The topological polar surface area (TPSA) is 39.6 Å². The molecule has 1 N–H and O–H groups in total. The van der Waals surface area contributed by atoms with Crippen LogP contribution in [0.1, 0.15) is 54.2 Å². The molecule has 1 aliphatic heterocycles. The second-order valence-electron chi connectivity index (χ2n) is 7.53. The van der Waals surface area contributed by atoms with Gasteiger partial charge >= 0.3 is 0 Å². The van der Waals surface area contributed by atoms with E-state index >= 15 is 0 Å². The predicted molar refractivity (Wildman–Crippen MR) is 96.0 cm³/mol. The third-order valence-corrected chi connectivity index (χ3v) is 6.52. The second kappa shape index (κ2) is 7.60. The lowest BCUT2D eigenvalue weighted by molar-refractivity contribution is 0.0548. The molecular weight excluding hydrogens is 306 g/mol. The Morgan fingerprint density at radius 3 is 2.83 bits per heavy atom. The lowest BCUT2D eigenvalue weighted by Crippen LogP contribution is -2.43. The normalized spacial score (nSPS) is 24.8. The predicted octanol–water partition coefficient (Wildman–Crippen LogP) is 2.85. The van der Waals surface area contributed by atoms with Gasteiger partial charge in [0.05, 0.1) is 16.8 Å². The first-order valence-electron chi connectivity index (χ1n) is 9.09. The number of rotatable bonds is 5. The summed E-state index contributed by atoms with van der Waals surface area (Å²) >= 11 is 1.84. The van der Waals surface area contributed by atoms with Crippen molar-refractivity contribution in [3.63, 3.8) is 0 Å². The van der Waals surface area contributed by atoms with Crippen LogP contribution in [0.15, 0.2) is 0 Å². The molecule has 1 fully saturated rings. The van der Waals surface area contributed by atoms with Crippen molar-refractivity contribution in [3.05, 3.63) is 15.6 Å². The highest BCUT2D eigenvalue weighted by Crippen LogP contribution is 2.37. The number of aromatic nitrogens is 1. The fourth-order valence-electron chi connectivity index (χ4n) is 4.00. The summed E-state index contributed by atoms with van der Waals surface area (Å²) in [7, 11) is 2.16. The van der Waals surface area contributed by atoms with Crippen molar-refractivity contribution < 1.29 is 5.11 Å². The number of nitrogens with zero attached hydrogens (tertiary/aromatic N) is 3. The van der Waals surface area contributed by atoms with Crippen molar-refractivity contribution in [2.45, 2.75) is 58.1 Å². The van der Waals surface area contributed by atoms with Crippen LogP contribution in [0.2, 0.25) is 0 Å². The van der Waals surface area contributed by atoms with Gasteiger partial charge in [0.1, 0.15) is 0 Å². The molecule has 4 nitrogen and oxygen atoms in total. The number of likely N-dealkylation sites (tertiary alicyclic amines) is 1. The molecule has 1 saturated heterocycles. The summed E-state index contributed by atoms with van der Waals surface area (Å²) in [5.41, 5.74) is 1.30. The molecule has 5 heteroatoms. The SMILES string of the molecule is Cc1nc2c(s1)C(N(C)CC(O)CN1CCC(C)CC1)CCC2. The number of thiazole rings is 1. The lowest BCUT2D eigenvalue weighted by Gasteiger charge is -2.35. The van der Waals surface area contributed by atoms with Gasteiger partial charge in [-0.1, -0.05) is 6.92 Å². The molecule has 3 rings (SSSR count). The standard InChI is InChI=1S/C18H31N3OS/c1-13-7-9-21(10-8-13)12-15(22)11-20(3)17-6-4-5-16-18(17)23-14(2)19-16/h13,15,17,22H,4-12H2,1-3H3. The highest BCUT2D eigenvalue weighted by Gasteiger charge is 2.28. The number of aliphatic hydroxyl groups is 1. The van der Waals surface area contributed by atoms with E-state index in [4.69, 9.17) is 0 Å². The average Bonchev–Trinajstić information content (AvgIpc) is 2.89. The maximum Gasteiger partial charge on any atom is 0.0900 e. The van der Waals surface area contributed by atoms with E-state index in [1.807, 2.05) is 11.3 Å². The molecule has 0 bridgehead atoms. The Labute approximate surface area is 144 Å². The van der Waals surface area contributed by atoms with Crippen molar-refractivity contribution >= 4 is 11.3 Å². The van der Waals surface area contributed by atoms with E-state index in [1.54, 1.807) is 0 Å². The Morgan fingerprint density at radius 2 is 2.09 bits per heavy atom. The van der Waals surface area contributed by atoms with Crippen molar-refractivity contribution in [2.24, 2.45) is 5.92 Å². The van der Waals surface area contributed by atoms with E-state index < -0.39 is 0 Å².